The summed E-state index contributed by atoms with van der Waals surface area (Å²) in [6.45, 7) is 8.90. The SMILES string of the molecule is C=C1CCc2cc(N)ccc2N1C1CC1(C)C. The number of hydrogen-bond acceptors (Lipinski definition) is 2. The molecule has 2 N–H and O–H groups in total. The van der Waals surface area contributed by atoms with E-state index in [1.165, 1.54) is 23.4 Å². The lowest BCUT2D eigenvalue weighted by molar-refractivity contribution is 0.594. The van der Waals surface area contributed by atoms with Crippen molar-refractivity contribution in [1.29, 1.82) is 0 Å². The topological polar surface area (TPSA) is 29.3 Å². The number of anilines is 2. The van der Waals surface area contributed by atoms with Crippen LogP contribution in [0.15, 0.2) is 30.5 Å². The molecule has 1 saturated carbocycles. The van der Waals surface area contributed by atoms with Gasteiger partial charge in [0.25, 0.3) is 0 Å². The van der Waals surface area contributed by atoms with E-state index in [-0.39, 0.29) is 0 Å². The largest absolute Gasteiger partial charge is 0.399 e. The van der Waals surface area contributed by atoms with Gasteiger partial charge in [-0.05, 0) is 48.4 Å². The Labute approximate surface area is 103 Å². The fraction of sp³-hybridized carbons (Fsp3) is 0.467. The molecule has 2 aliphatic rings. The number of aryl methyl sites for hydroxylation is 1. The Hall–Kier alpha value is -1.44. The number of allylic oxidation sites excluding steroid dienone is 1. The fourth-order valence-corrected chi connectivity index (χ4v) is 2.88. The first-order valence-electron chi connectivity index (χ1n) is 6.34. The van der Waals surface area contributed by atoms with Crippen LogP contribution >= 0.6 is 0 Å². The van der Waals surface area contributed by atoms with E-state index in [0.717, 1.165) is 18.5 Å². The van der Waals surface area contributed by atoms with Crippen molar-refractivity contribution in [2.75, 3.05) is 10.6 Å². The van der Waals surface area contributed by atoms with Gasteiger partial charge in [0, 0.05) is 23.1 Å². The maximum absolute atomic E-state index is 5.87. The van der Waals surface area contributed by atoms with Crippen molar-refractivity contribution in [3.8, 4) is 0 Å². The van der Waals surface area contributed by atoms with E-state index in [2.05, 4.69) is 37.5 Å². The molecule has 1 heterocycles. The second-order valence-electron chi connectivity index (χ2n) is 6.03. The van der Waals surface area contributed by atoms with Gasteiger partial charge in [0.15, 0.2) is 0 Å². The van der Waals surface area contributed by atoms with E-state index in [4.69, 9.17) is 5.73 Å². The molecule has 90 valence electrons. The normalized spacial score (nSPS) is 25.6. The number of rotatable bonds is 1. The summed E-state index contributed by atoms with van der Waals surface area (Å²) in [7, 11) is 0. The van der Waals surface area contributed by atoms with Crippen molar-refractivity contribution < 1.29 is 0 Å². The van der Waals surface area contributed by atoms with Crippen LogP contribution in [0.25, 0.3) is 0 Å². The van der Waals surface area contributed by atoms with Crippen molar-refractivity contribution in [1.82, 2.24) is 0 Å². The van der Waals surface area contributed by atoms with Crippen LogP contribution in [0.2, 0.25) is 0 Å². The second-order valence-corrected chi connectivity index (χ2v) is 6.03. The Morgan fingerprint density at radius 3 is 2.71 bits per heavy atom. The van der Waals surface area contributed by atoms with Gasteiger partial charge in [-0.25, -0.2) is 0 Å². The van der Waals surface area contributed by atoms with Crippen molar-refractivity contribution in [2.45, 2.75) is 39.2 Å². The van der Waals surface area contributed by atoms with E-state index in [1.807, 2.05) is 6.07 Å². The number of hydrogen-bond donors (Lipinski definition) is 1. The van der Waals surface area contributed by atoms with Gasteiger partial charge in [-0.2, -0.15) is 0 Å². The molecule has 1 unspecified atom stereocenters. The van der Waals surface area contributed by atoms with Crippen LogP contribution in [0.3, 0.4) is 0 Å². The van der Waals surface area contributed by atoms with Gasteiger partial charge in [0.05, 0.1) is 0 Å². The van der Waals surface area contributed by atoms with Crippen molar-refractivity contribution in [2.24, 2.45) is 5.41 Å². The van der Waals surface area contributed by atoms with Crippen LogP contribution < -0.4 is 10.6 Å². The lowest BCUT2D eigenvalue weighted by Gasteiger charge is -2.34. The van der Waals surface area contributed by atoms with Crippen LogP contribution in [-0.2, 0) is 6.42 Å². The predicted octanol–water partition coefficient (Wildman–Crippen LogP) is 3.33. The zero-order valence-corrected chi connectivity index (χ0v) is 10.7. The maximum atomic E-state index is 5.87. The number of benzene rings is 1. The molecule has 2 heteroatoms. The molecule has 1 aromatic carbocycles. The lowest BCUT2D eigenvalue weighted by atomic mass is 9.98. The summed E-state index contributed by atoms with van der Waals surface area (Å²) >= 11 is 0. The molecule has 0 spiro atoms. The predicted molar refractivity (Wildman–Crippen MR) is 73.0 cm³/mol. The highest BCUT2D eigenvalue weighted by Gasteiger charge is 2.51. The first kappa shape index (κ1) is 10.7. The summed E-state index contributed by atoms with van der Waals surface area (Å²) in [5, 5.41) is 0. The van der Waals surface area contributed by atoms with Crippen molar-refractivity contribution in [3.05, 3.63) is 36.0 Å². The summed E-state index contributed by atoms with van der Waals surface area (Å²) in [4.78, 5) is 2.44. The van der Waals surface area contributed by atoms with Gasteiger partial charge >= 0.3 is 0 Å². The van der Waals surface area contributed by atoms with Crippen molar-refractivity contribution >= 4 is 11.4 Å². The number of nitrogen functional groups attached to an aromatic ring is 1. The summed E-state index contributed by atoms with van der Waals surface area (Å²) < 4.78 is 0. The molecule has 3 rings (SSSR count). The highest BCUT2D eigenvalue weighted by molar-refractivity contribution is 5.66. The Kier molecular flexibility index (Phi) is 2.07. The molecule has 0 aromatic heterocycles. The van der Waals surface area contributed by atoms with Gasteiger partial charge in [-0.15, -0.1) is 0 Å². The molecule has 17 heavy (non-hydrogen) atoms. The van der Waals surface area contributed by atoms with Gasteiger partial charge < -0.3 is 10.6 Å². The van der Waals surface area contributed by atoms with Crippen LogP contribution in [0.5, 0.6) is 0 Å². The first-order chi connectivity index (χ1) is 7.99. The zero-order valence-electron chi connectivity index (χ0n) is 10.7. The molecule has 2 nitrogen and oxygen atoms in total. The quantitative estimate of drug-likeness (QED) is 0.747. The minimum atomic E-state index is 0.430. The van der Waals surface area contributed by atoms with Crippen LogP contribution in [0.1, 0.15) is 32.3 Å². The van der Waals surface area contributed by atoms with Gasteiger partial charge in [-0.3, -0.25) is 0 Å². The third-order valence-electron chi connectivity index (χ3n) is 4.16. The summed E-state index contributed by atoms with van der Waals surface area (Å²) in [5.41, 5.74) is 11.1. The van der Waals surface area contributed by atoms with Crippen LogP contribution in [0, 0.1) is 5.41 Å². The minimum Gasteiger partial charge on any atom is -0.399 e. The highest BCUT2D eigenvalue weighted by Crippen LogP contribution is 2.53. The lowest BCUT2D eigenvalue weighted by Crippen LogP contribution is -2.31. The Bertz CT molecular complexity index is 488. The Morgan fingerprint density at radius 1 is 1.35 bits per heavy atom. The van der Waals surface area contributed by atoms with E-state index in [0.29, 0.717) is 11.5 Å². The Morgan fingerprint density at radius 2 is 2.06 bits per heavy atom. The van der Waals surface area contributed by atoms with Crippen LogP contribution in [-0.4, -0.2) is 6.04 Å². The summed E-state index contributed by atoms with van der Waals surface area (Å²) in [5.74, 6) is 0. The van der Waals surface area contributed by atoms with E-state index in [9.17, 15) is 0 Å². The molecule has 0 radical (unpaired) electrons. The molecule has 0 saturated heterocycles. The molecule has 1 aliphatic carbocycles. The average Bonchev–Trinajstić information content (AvgIpc) is 2.87. The average molecular weight is 228 g/mol. The molecule has 1 fully saturated rings. The summed E-state index contributed by atoms with van der Waals surface area (Å²) in [6.07, 6.45) is 3.39. The number of nitrogens with two attached hydrogens (primary N) is 1. The van der Waals surface area contributed by atoms with E-state index in [1.54, 1.807) is 0 Å². The summed E-state index contributed by atoms with van der Waals surface area (Å²) in [6, 6.07) is 6.89. The number of fused-ring (bicyclic) bond motifs is 1. The zero-order chi connectivity index (χ0) is 12.2. The van der Waals surface area contributed by atoms with Gasteiger partial charge in [0.1, 0.15) is 0 Å². The molecular formula is C15H20N2. The van der Waals surface area contributed by atoms with Crippen LogP contribution in [0.4, 0.5) is 11.4 Å². The number of nitrogens with zero attached hydrogens (tertiary/aromatic N) is 1. The van der Waals surface area contributed by atoms with E-state index >= 15 is 0 Å². The van der Waals surface area contributed by atoms with Gasteiger partial charge in [0.2, 0.25) is 0 Å². The third-order valence-corrected chi connectivity index (χ3v) is 4.16. The monoisotopic (exact) mass is 228 g/mol. The molecule has 0 amide bonds. The Balaban J connectivity index is 2.02. The minimum absolute atomic E-state index is 0.430. The third kappa shape index (κ3) is 1.63. The maximum Gasteiger partial charge on any atom is 0.0445 e. The fourth-order valence-electron chi connectivity index (χ4n) is 2.88. The van der Waals surface area contributed by atoms with E-state index < -0.39 is 0 Å². The molecule has 1 aromatic rings. The standard InChI is InChI=1S/C15H20N2/c1-10-4-5-11-8-12(16)6-7-13(11)17(10)14-9-15(14,2)3/h6-8,14H,1,4-5,9,16H2,2-3H3. The van der Waals surface area contributed by atoms with Gasteiger partial charge in [-0.1, -0.05) is 20.4 Å². The molecule has 1 atom stereocenters. The smallest absolute Gasteiger partial charge is 0.0445 e. The molecule has 1 aliphatic heterocycles. The molecular weight excluding hydrogens is 208 g/mol. The molecule has 0 bridgehead atoms. The second kappa shape index (κ2) is 3.28. The highest BCUT2D eigenvalue weighted by atomic mass is 15.2. The van der Waals surface area contributed by atoms with Crippen molar-refractivity contribution in [3.63, 3.8) is 0 Å². The first-order valence-corrected chi connectivity index (χ1v) is 6.34.